The third-order valence-electron chi connectivity index (χ3n) is 5.48. The largest absolute Gasteiger partial charge is 0.384 e. The number of rotatable bonds is 6. The highest BCUT2D eigenvalue weighted by molar-refractivity contribution is 5.76. The molecule has 0 unspecified atom stereocenters. The van der Waals surface area contributed by atoms with E-state index in [-0.39, 0.29) is 5.91 Å². The van der Waals surface area contributed by atoms with Crippen LogP contribution in [0, 0.1) is 12.8 Å². The molecule has 0 radical (unpaired) electrons. The van der Waals surface area contributed by atoms with E-state index < -0.39 is 0 Å². The van der Waals surface area contributed by atoms with E-state index in [0.29, 0.717) is 24.9 Å². The fourth-order valence-electron chi connectivity index (χ4n) is 3.68. The highest BCUT2D eigenvalue weighted by Crippen LogP contribution is 2.36. The summed E-state index contributed by atoms with van der Waals surface area (Å²) in [5.74, 6) is 2.87. The number of hydrogen-bond acceptors (Lipinski definition) is 3. The van der Waals surface area contributed by atoms with Crippen molar-refractivity contribution in [1.82, 2.24) is 14.5 Å². The van der Waals surface area contributed by atoms with Crippen LogP contribution in [0.3, 0.4) is 0 Å². The van der Waals surface area contributed by atoms with Crippen LogP contribution in [0.5, 0.6) is 0 Å². The number of aromatic nitrogens is 2. The number of carbonyl (C=O) groups excluding carboxylic acids is 1. The quantitative estimate of drug-likeness (QED) is 0.810. The first-order chi connectivity index (χ1) is 11.2. The van der Waals surface area contributed by atoms with Crippen molar-refractivity contribution in [2.75, 3.05) is 26.8 Å². The van der Waals surface area contributed by atoms with Crippen molar-refractivity contribution < 1.29 is 9.53 Å². The summed E-state index contributed by atoms with van der Waals surface area (Å²) in [6, 6.07) is 0. The summed E-state index contributed by atoms with van der Waals surface area (Å²) in [6.07, 6.45) is 8.66. The van der Waals surface area contributed by atoms with Crippen LogP contribution >= 0.6 is 0 Å². The Hall–Kier alpha value is -1.36. The number of ether oxygens (including phenoxy) is 1. The molecule has 1 amide bonds. The van der Waals surface area contributed by atoms with E-state index >= 15 is 0 Å². The van der Waals surface area contributed by atoms with Crippen molar-refractivity contribution >= 4 is 5.91 Å². The van der Waals surface area contributed by atoms with E-state index in [9.17, 15) is 4.79 Å². The summed E-state index contributed by atoms with van der Waals surface area (Å²) < 4.78 is 7.44. The molecule has 3 rings (SSSR count). The highest BCUT2D eigenvalue weighted by Gasteiger charge is 2.27. The maximum absolute atomic E-state index is 12.1. The Morgan fingerprint density at radius 1 is 1.30 bits per heavy atom. The van der Waals surface area contributed by atoms with Gasteiger partial charge in [-0.2, -0.15) is 0 Å². The minimum Gasteiger partial charge on any atom is -0.384 e. The maximum atomic E-state index is 12.1. The number of nitrogens with zero attached hydrogens (tertiary/aromatic N) is 3. The van der Waals surface area contributed by atoms with Gasteiger partial charge in [-0.1, -0.05) is 6.42 Å². The van der Waals surface area contributed by atoms with Crippen molar-refractivity contribution in [2.45, 2.75) is 57.9 Å². The van der Waals surface area contributed by atoms with Crippen LogP contribution in [0.2, 0.25) is 0 Å². The molecule has 1 aromatic rings. The maximum Gasteiger partial charge on any atom is 0.224 e. The predicted octanol–water partition coefficient (Wildman–Crippen LogP) is 2.73. The number of piperidine rings is 1. The third-order valence-corrected chi connectivity index (χ3v) is 5.48. The van der Waals surface area contributed by atoms with Gasteiger partial charge in [-0.05, 0) is 38.5 Å². The van der Waals surface area contributed by atoms with Gasteiger partial charge in [0.2, 0.25) is 5.91 Å². The van der Waals surface area contributed by atoms with Gasteiger partial charge in [0.25, 0.3) is 0 Å². The Morgan fingerprint density at radius 2 is 2.04 bits per heavy atom. The average Bonchev–Trinajstić information content (AvgIpc) is 2.85. The Bertz CT molecular complexity index is 528. The van der Waals surface area contributed by atoms with Crippen LogP contribution in [0.25, 0.3) is 0 Å². The molecule has 2 aliphatic rings. The lowest BCUT2D eigenvalue weighted by Gasteiger charge is -2.33. The Kier molecular flexibility index (Phi) is 5.36. The number of hydrogen-bond donors (Lipinski definition) is 0. The van der Waals surface area contributed by atoms with Crippen molar-refractivity contribution in [3.05, 3.63) is 17.7 Å². The van der Waals surface area contributed by atoms with Crippen LogP contribution in [-0.2, 0) is 16.1 Å². The molecular formula is C18H29N3O2. The first-order valence-electron chi connectivity index (χ1n) is 8.97. The Labute approximate surface area is 139 Å². The van der Waals surface area contributed by atoms with E-state index in [2.05, 4.69) is 16.5 Å². The summed E-state index contributed by atoms with van der Waals surface area (Å²) >= 11 is 0. The fraction of sp³-hybridized carbons (Fsp3) is 0.778. The zero-order chi connectivity index (χ0) is 16.2. The van der Waals surface area contributed by atoms with Crippen molar-refractivity contribution in [3.8, 4) is 0 Å². The molecule has 2 heterocycles. The molecule has 128 valence electrons. The first-order valence-corrected chi connectivity index (χ1v) is 8.97. The van der Waals surface area contributed by atoms with Gasteiger partial charge in [-0.25, -0.2) is 4.98 Å². The molecule has 0 aromatic carbocycles. The standard InChI is InChI=1S/C18H29N3O2/c1-14-12-19-18(16-4-3-5-16)21(14)13-15-6-9-20(10-7-15)17(22)8-11-23-2/h12,15-16H,3-11,13H2,1-2H3. The molecule has 2 fully saturated rings. The number of aryl methyl sites for hydroxylation is 1. The van der Waals surface area contributed by atoms with E-state index in [1.165, 1.54) is 30.8 Å². The molecule has 0 N–H and O–H groups in total. The van der Waals surface area contributed by atoms with Crippen LogP contribution in [0.4, 0.5) is 0 Å². The number of likely N-dealkylation sites (tertiary alicyclic amines) is 1. The van der Waals surface area contributed by atoms with Crippen LogP contribution in [0.15, 0.2) is 6.20 Å². The lowest BCUT2D eigenvalue weighted by molar-refractivity contribution is -0.133. The SMILES string of the molecule is COCCC(=O)N1CCC(Cn2c(C)cnc2C2CCC2)CC1. The second kappa shape index (κ2) is 7.47. The molecule has 0 bridgehead atoms. The summed E-state index contributed by atoms with van der Waals surface area (Å²) in [6.45, 7) is 5.54. The average molecular weight is 319 g/mol. The molecule has 1 aromatic heterocycles. The third kappa shape index (κ3) is 3.77. The molecule has 0 atom stereocenters. The monoisotopic (exact) mass is 319 g/mol. The summed E-state index contributed by atoms with van der Waals surface area (Å²) in [5, 5.41) is 0. The molecular weight excluding hydrogens is 290 g/mol. The molecule has 1 saturated heterocycles. The molecule has 5 nitrogen and oxygen atoms in total. The molecule has 1 aliphatic carbocycles. The fourth-order valence-corrected chi connectivity index (χ4v) is 3.68. The van der Waals surface area contributed by atoms with Gasteiger partial charge < -0.3 is 14.2 Å². The van der Waals surface area contributed by atoms with Gasteiger partial charge >= 0.3 is 0 Å². The van der Waals surface area contributed by atoms with Gasteiger partial charge in [0.1, 0.15) is 5.82 Å². The lowest BCUT2D eigenvalue weighted by atomic mass is 9.84. The van der Waals surface area contributed by atoms with Crippen molar-refractivity contribution in [1.29, 1.82) is 0 Å². The zero-order valence-electron chi connectivity index (χ0n) is 14.5. The van der Waals surface area contributed by atoms with Gasteiger partial charge in [0, 0.05) is 44.6 Å². The van der Waals surface area contributed by atoms with Crippen LogP contribution < -0.4 is 0 Å². The van der Waals surface area contributed by atoms with Crippen LogP contribution in [-0.4, -0.2) is 47.2 Å². The van der Waals surface area contributed by atoms with Crippen molar-refractivity contribution in [3.63, 3.8) is 0 Å². The zero-order valence-corrected chi connectivity index (χ0v) is 14.5. The molecule has 23 heavy (non-hydrogen) atoms. The van der Waals surface area contributed by atoms with E-state index in [1.807, 2.05) is 11.1 Å². The van der Waals surface area contributed by atoms with Crippen LogP contribution in [0.1, 0.15) is 56.0 Å². The molecule has 1 aliphatic heterocycles. The number of carbonyl (C=O) groups is 1. The predicted molar refractivity (Wildman–Crippen MR) is 89.4 cm³/mol. The number of amides is 1. The van der Waals surface area contributed by atoms with Gasteiger partial charge in [0.15, 0.2) is 0 Å². The topological polar surface area (TPSA) is 47.4 Å². The van der Waals surface area contributed by atoms with E-state index in [1.54, 1.807) is 7.11 Å². The molecule has 0 spiro atoms. The van der Waals surface area contributed by atoms with E-state index in [4.69, 9.17) is 4.74 Å². The summed E-state index contributed by atoms with van der Waals surface area (Å²) in [4.78, 5) is 18.7. The first kappa shape index (κ1) is 16.5. The highest BCUT2D eigenvalue weighted by atomic mass is 16.5. The van der Waals surface area contributed by atoms with E-state index in [0.717, 1.165) is 32.5 Å². The second-order valence-corrected chi connectivity index (χ2v) is 7.06. The Morgan fingerprint density at radius 3 is 2.65 bits per heavy atom. The molecule has 5 heteroatoms. The van der Waals surface area contributed by atoms with Gasteiger partial charge in [-0.3, -0.25) is 4.79 Å². The van der Waals surface area contributed by atoms with Gasteiger partial charge in [-0.15, -0.1) is 0 Å². The summed E-state index contributed by atoms with van der Waals surface area (Å²) in [7, 11) is 1.65. The minimum absolute atomic E-state index is 0.235. The normalized spacial score (nSPS) is 19.8. The van der Waals surface area contributed by atoms with Crippen molar-refractivity contribution in [2.24, 2.45) is 5.92 Å². The molecule has 1 saturated carbocycles. The number of methoxy groups -OCH3 is 1. The van der Waals surface area contributed by atoms with Gasteiger partial charge in [0.05, 0.1) is 13.0 Å². The lowest BCUT2D eigenvalue weighted by Crippen LogP contribution is -2.39. The number of imidazole rings is 1. The Balaban J connectivity index is 1.53. The smallest absolute Gasteiger partial charge is 0.224 e. The minimum atomic E-state index is 0.235. The summed E-state index contributed by atoms with van der Waals surface area (Å²) in [5.41, 5.74) is 1.28. The second-order valence-electron chi connectivity index (χ2n) is 7.06.